The van der Waals surface area contributed by atoms with Crippen LogP contribution < -0.4 is 5.32 Å². The van der Waals surface area contributed by atoms with Gasteiger partial charge in [-0.3, -0.25) is 9.69 Å². The van der Waals surface area contributed by atoms with Gasteiger partial charge in [-0.2, -0.15) is 0 Å². The minimum absolute atomic E-state index is 0. The number of hydrogen-bond donors (Lipinski definition) is 1. The van der Waals surface area contributed by atoms with Crippen molar-refractivity contribution in [2.75, 3.05) is 33.3 Å². The van der Waals surface area contributed by atoms with Crippen LogP contribution in [0.5, 0.6) is 0 Å². The van der Waals surface area contributed by atoms with Crippen molar-refractivity contribution in [3.05, 3.63) is 0 Å². The molecule has 1 atom stereocenters. The molecule has 2 fully saturated rings. The molecular formula is C13H26Cl2N2O2. The standard InChI is InChI=1S/C13H24N2O2.2ClH/c1-17-13(16)3-2-11-5-8-15(9-6-11)12-4-7-14-10-12;;/h11-12,14H,2-10H2,1H3;2*1H. The molecule has 0 bridgehead atoms. The Morgan fingerprint density at radius 2 is 1.95 bits per heavy atom. The molecule has 0 aliphatic carbocycles. The highest BCUT2D eigenvalue weighted by atomic mass is 35.5. The van der Waals surface area contributed by atoms with Gasteiger partial charge in [-0.1, -0.05) is 0 Å². The van der Waals surface area contributed by atoms with Gasteiger partial charge in [0.05, 0.1) is 7.11 Å². The van der Waals surface area contributed by atoms with Gasteiger partial charge in [0.15, 0.2) is 0 Å². The van der Waals surface area contributed by atoms with Gasteiger partial charge in [-0.05, 0) is 51.2 Å². The lowest BCUT2D eigenvalue weighted by atomic mass is 9.91. The summed E-state index contributed by atoms with van der Waals surface area (Å²) in [4.78, 5) is 13.7. The summed E-state index contributed by atoms with van der Waals surface area (Å²) < 4.78 is 4.69. The van der Waals surface area contributed by atoms with Crippen LogP contribution in [-0.2, 0) is 9.53 Å². The smallest absolute Gasteiger partial charge is 0.305 e. The quantitative estimate of drug-likeness (QED) is 0.805. The number of likely N-dealkylation sites (tertiary alicyclic amines) is 1. The first-order chi connectivity index (χ1) is 8.29. The van der Waals surface area contributed by atoms with E-state index in [4.69, 9.17) is 0 Å². The summed E-state index contributed by atoms with van der Waals surface area (Å²) in [7, 11) is 1.47. The van der Waals surface area contributed by atoms with E-state index in [2.05, 4.69) is 15.0 Å². The third-order valence-electron chi connectivity index (χ3n) is 4.18. The van der Waals surface area contributed by atoms with Crippen molar-refractivity contribution in [1.82, 2.24) is 10.2 Å². The topological polar surface area (TPSA) is 41.6 Å². The predicted octanol–water partition coefficient (Wildman–Crippen LogP) is 1.86. The summed E-state index contributed by atoms with van der Waals surface area (Å²) >= 11 is 0. The van der Waals surface area contributed by atoms with E-state index in [1.165, 1.54) is 46.0 Å². The van der Waals surface area contributed by atoms with E-state index in [9.17, 15) is 4.79 Å². The summed E-state index contributed by atoms with van der Waals surface area (Å²) in [6.45, 7) is 4.75. The van der Waals surface area contributed by atoms with Crippen LogP contribution in [0, 0.1) is 5.92 Å². The van der Waals surface area contributed by atoms with Gasteiger partial charge in [0.2, 0.25) is 0 Å². The molecule has 0 aromatic rings. The molecule has 0 amide bonds. The minimum Gasteiger partial charge on any atom is -0.469 e. The fourth-order valence-electron chi connectivity index (χ4n) is 2.98. The molecule has 0 saturated carbocycles. The number of nitrogens with zero attached hydrogens (tertiary/aromatic N) is 1. The maximum atomic E-state index is 11.1. The number of carbonyl (C=O) groups excluding carboxylic acids is 1. The maximum Gasteiger partial charge on any atom is 0.305 e. The van der Waals surface area contributed by atoms with Crippen LogP contribution in [0.1, 0.15) is 32.1 Å². The number of hydrogen-bond acceptors (Lipinski definition) is 4. The lowest BCUT2D eigenvalue weighted by molar-refractivity contribution is -0.141. The molecule has 2 rings (SSSR count). The van der Waals surface area contributed by atoms with Crippen LogP contribution >= 0.6 is 24.8 Å². The lowest BCUT2D eigenvalue weighted by Gasteiger charge is -2.35. The lowest BCUT2D eigenvalue weighted by Crippen LogP contribution is -2.42. The SMILES string of the molecule is COC(=O)CCC1CCN(C2CCNC2)CC1.Cl.Cl. The Balaban J connectivity index is 0.00000162. The molecule has 0 aromatic carbocycles. The maximum absolute atomic E-state index is 11.1. The average molecular weight is 313 g/mol. The van der Waals surface area contributed by atoms with Gasteiger partial charge in [0, 0.05) is 19.0 Å². The molecule has 19 heavy (non-hydrogen) atoms. The van der Waals surface area contributed by atoms with Crippen LogP contribution in [0.4, 0.5) is 0 Å². The Kier molecular flexibility index (Phi) is 9.79. The normalized spacial score (nSPS) is 24.4. The van der Waals surface area contributed by atoms with E-state index in [0.717, 1.165) is 24.9 Å². The molecule has 2 aliphatic rings. The molecule has 1 N–H and O–H groups in total. The van der Waals surface area contributed by atoms with E-state index < -0.39 is 0 Å². The number of rotatable bonds is 4. The van der Waals surface area contributed by atoms with Crippen molar-refractivity contribution in [3.8, 4) is 0 Å². The number of esters is 1. The first-order valence-electron chi connectivity index (χ1n) is 6.81. The third-order valence-corrected chi connectivity index (χ3v) is 4.18. The van der Waals surface area contributed by atoms with Gasteiger partial charge in [0.1, 0.15) is 0 Å². The summed E-state index contributed by atoms with van der Waals surface area (Å²) in [6, 6.07) is 0.761. The summed E-state index contributed by atoms with van der Waals surface area (Å²) in [6.07, 6.45) is 5.38. The Bertz CT molecular complexity index is 253. The second-order valence-electron chi connectivity index (χ2n) is 5.24. The second-order valence-corrected chi connectivity index (χ2v) is 5.24. The van der Waals surface area contributed by atoms with Crippen LogP contribution in [0.15, 0.2) is 0 Å². The molecule has 2 saturated heterocycles. The zero-order valence-electron chi connectivity index (χ0n) is 11.6. The van der Waals surface area contributed by atoms with Crippen LogP contribution in [-0.4, -0.2) is 50.2 Å². The number of nitrogens with one attached hydrogen (secondary N) is 1. The zero-order valence-corrected chi connectivity index (χ0v) is 13.2. The number of methoxy groups -OCH3 is 1. The monoisotopic (exact) mass is 312 g/mol. The molecule has 6 heteroatoms. The third kappa shape index (κ3) is 5.86. The summed E-state index contributed by atoms with van der Waals surface area (Å²) in [5, 5.41) is 3.43. The van der Waals surface area contributed by atoms with Crippen LogP contribution in [0.2, 0.25) is 0 Å². The van der Waals surface area contributed by atoms with Crippen LogP contribution in [0.25, 0.3) is 0 Å². The highest BCUT2D eigenvalue weighted by Crippen LogP contribution is 2.24. The molecule has 2 aliphatic heterocycles. The van der Waals surface area contributed by atoms with Crippen molar-refractivity contribution in [2.24, 2.45) is 5.92 Å². The van der Waals surface area contributed by atoms with Gasteiger partial charge in [-0.15, -0.1) is 24.8 Å². The molecule has 0 spiro atoms. The highest BCUT2D eigenvalue weighted by Gasteiger charge is 2.26. The second kappa shape index (κ2) is 9.81. The largest absolute Gasteiger partial charge is 0.469 e. The zero-order chi connectivity index (χ0) is 12.1. The van der Waals surface area contributed by atoms with Gasteiger partial charge >= 0.3 is 5.97 Å². The van der Waals surface area contributed by atoms with E-state index in [0.29, 0.717) is 6.42 Å². The van der Waals surface area contributed by atoms with Crippen molar-refractivity contribution < 1.29 is 9.53 Å². The van der Waals surface area contributed by atoms with E-state index in [1.807, 2.05) is 0 Å². The molecule has 1 unspecified atom stereocenters. The number of piperidine rings is 1. The predicted molar refractivity (Wildman–Crippen MR) is 81.3 cm³/mol. The number of carbonyl (C=O) groups is 1. The van der Waals surface area contributed by atoms with E-state index in [-0.39, 0.29) is 30.8 Å². The Morgan fingerprint density at radius 1 is 1.26 bits per heavy atom. The van der Waals surface area contributed by atoms with Gasteiger partial charge < -0.3 is 10.1 Å². The summed E-state index contributed by atoms with van der Waals surface area (Å²) in [5.74, 6) is 0.659. The van der Waals surface area contributed by atoms with Crippen molar-refractivity contribution in [3.63, 3.8) is 0 Å². The molecule has 2 heterocycles. The Morgan fingerprint density at radius 3 is 2.47 bits per heavy atom. The Labute approximate surface area is 128 Å². The fourth-order valence-corrected chi connectivity index (χ4v) is 2.98. The first-order valence-corrected chi connectivity index (χ1v) is 6.81. The highest BCUT2D eigenvalue weighted by molar-refractivity contribution is 5.85. The minimum atomic E-state index is -0.0626. The van der Waals surface area contributed by atoms with Gasteiger partial charge in [0.25, 0.3) is 0 Å². The van der Waals surface area contributed by atoms with Gasteiger partial charge in [-0.25, -0.2) is 0 Å². The molecule has 4 nitrogen and oxygen atoms in total. The van der Waals surface area contributed by atoms with E-state index >= 15 is 0 Å². The van der Waals surface area contributed by atoms with Crippen molar-refractivity contribution in [2.45, 2.75) is 38.1 Å². The molecule has 114 valence electrons. The summed E-state index contributed by atoms with van der Waals surface area (Å²) in [5.41, 5.74) is 0. The molecule has 0 aromatic heterocycles. The number of halogens is 2. The number of ether oxygens (including phenoxy) is 1. The molecular weight excluding hydrogens is 287 g/mol. The Hall–Kier alpha value is -0.0300. The average Bonchev–Trinajstić information content (AvgIpc) is 2.90. The van der Waals surface area contributed by atoms with Crippen molar-refractivity contribution >= 4 is 30.8 Å². The molecule has 0 radical (unpaired) electrons. The van der Waals surface area contributed by atoms with E-state index in [1.54, 1.807) is 0 Å². The fraction of sp³-hybridized carbons (Fsp3) is 0.923. The van der Waals surface area contributed by atoms with Crippen LogP contribution in [0.3, 0.4) is 0 Å². The first kappa shape index (κ1) is 19.0. The van der Waals surface area contributed by atoms with Crippen molar-refractivity contribution in [1.29, 1.82) is 0 Å².